The highest BCUT2D eigenvalue weighted by molar-refractivity contribution is 5.78. The molecule has 2 heterocycles. The van der Waals surface area contributed by atoms with Crippen molar-refractivity contribution in [2.45, 2.75) is 13.5 Å². The Balaban J connectivity index is 2.30. The van der Waals surface area contributed by atoms with Crippen molar-refractivity contribution in [2.75, 3.05) is 6.54 Å². The van der Waals surface area contributed by atoms with Crippen molar-refractivity contribution in [2.24, 2.45) is 7.05 Å². The predicted octanol–water partition coefficient (Wildman–Crippen LogP) is 1.000. The van der Waals surface area contributed by atoms with E-state index in [0.29, 0.717) is 6.54 Å². The number of nitrogens with zero attached hydrogens (tertiary/aromatic N) is 3. The minimum atomic E-state index is 0.573. The molecule has 82 valence electrons. The lowest BCUT2D eigenvalue weighted by Crippen LogP contribution is -2.13. The quantitative estimate of drug-likeness (QED) is 0.612. The Morgan fingerprint density at radius 3 is 3.12 bits per heavy atom. The Bertz CT molecular complexity index is 548. The van der Waals surface area contributed by atoms with Crippen molar-refractivity contribution in [3.05, 3.63) is 23.5 Å². The lowest BCUT2D eigenvalue weighted by molar-refractivity contribution is 0.762. The lowest BCUT2D eigenvalue weighted by Gasteiger charge is -2.01. The van der Waals surface area contributed by atoms with Crippen LogP contribution in [0.2, 0.25) is 0 Å². The number of rotatable bonds is 3. The first-order valence-corrected chi connectivity index (χ1v) is 5.15. The van der Waals surface area contributed by atoms with Gasteiger partial charge in [0.05, 0.1) is 12.2 Å². The highest BCUT2D eigenvalue weighted by atomic mass is 15.3. The van der Waals surface area contributed by atoms with Crippen LogP contribution in [0.15, 0.2) is 12.3 Å². The molecular formula is C12H14N4. The van der Waals surface area contributed by atoms with Crippen molar-refractivity contribution in [1.29, 1.82) is 0 Å². The van der Waals surface area contributed by atoms with Gasteiger partial charge in [-0.1, -0.05) is 5.92 Å². The zero-order valence-electron chi connectivity index (χ0n) is 9.49. The minimum Gasteiger partial charge on any atom is -0.302 e. The molecule has 2 rings (SSSR count). The van der Waals surface area contributed by atoms with E-state index in [1.165, 1.54) is 0 Å². The summed E-state index contributed by atoms with van der Waals surface area (Å²) < 4.78 is 1.79. The summed E-state index contributed by atoms with van der Waals surface area (Å²) >= 11 is 0. The van der Waals surface area contributed by atoms with E-state index in [2.05, 4.69) is 27.4 Å². The van der Waals surface area contributed by atoms with Gasteiger partial charge in [-0.3, -0.25) is 4.68 Å². The maximum absolute atomic E-state index is 5.17. The number of hydrogen-bond acceptors (Lipinski definition) is 3. The molecule has 1 N–H and O–H groups in total. The molecule has 0 saturated carbocycles. The first-order chi connectivity index (χ1) is 7.72. The summed E-state index contributed by atoms with van der Waals surface area (Å²) in [5.74, 6) is 2.54. The van der Waals surface area contributed by atoms with E-state index in [1.807, 2.05) is 20.2 Å². The number of aromatic nitrogens is 3. The zero-order valence-corrected chi connectivity index (χ0v) is 9.49. The largest absolute Gasteiger partial charge is 0.302 e. The SMILES string of the molecule is C#CCNCc1cnc2c(c1)c(C)nn2C. The number of hydrogen-bond donors (Lipinski definition) is 1. The van der Waals surface area contributed by atoms with Gasteiger partial charge in [-0.25, -0.2) is 4.98 Å². The van der Waals surface area contributed by atoms with Crippen LogP contribution in [-0.4, -0.2) is 21.3 Å². The Labute approximate surface area is 94.7 Å². The summed E-state index contributed by atoms with van der Waals surface area (Å²) in [6, 6.07) is 2.11. The van der Waals surface area contributed by atoms with Crippen LogP contribution in [0.25, 0.3) is 11.0 Å². The second kappa shape index (κ2) is 4.33. The average molecular weight is 214 g/mol. The summed E-state index contributed by atoms with van der Waals surface area (Å²) in [5.41, 5.74) is 3.04. The van der Waals surface area contributed by atoms with Gasteiger partial charge in [-0.15, -0.1) is 6.42 Å². The molecule has 0 fully saturated rings. The second-order valence-corrected chi connectivity index (χ2v) is 3.73. The minimum absolute atomic E-state index is 0.573. The number of terminal acetylenes is 1. The Morgan fingerprint density at radius 2 is 2.38 bits per heavy atom. The molecule has 0 saturated heterocycles. The Kier molecular flexibility index (Phi) is 2.88. The number of aryl methyl sites for hydroxylation is 2. The van der Waals surface area contributed by atoms with Gasteiger partial charge in [0.2, 0.25) is 0 Å². The Morgan fingerprint density at radius 1 is 1.56 bits per heavy atom. The standard InChI is InChI=1S/C12H14N4/c1-4-5-13-7-10-6-11-9(2)15-16(3)12(11)14-8-10/h1,6,8,13H,5,7H2,2-3H3. The first-order valence-electron chi connectivity index (χ1n) is 5.15. The molecule has 0 atom stereocenters. The van der Waals surface area contributed by atoms with Crippen molar-refractivity contribution < 1.29 is 0 Å². The highest BCUT2D eigenvalue weighted by Crippen LogP contribution is 2.16. The summed E-state index contributed by atoms with van der Waals surface area (Å²) in [5, 5.41) is 8.57. The molecule has 2 aromatic rings. The van der Waals surface area contributed by atoms with E-state index >= 15 is 0 Å². The molecule has 0 unspecified atom stereocenters. The lowest BCUT2D eigenvalue weighted by atomic mass is 10.2. The molecule has 0 aliphatic rings. The topological polar surface area (TPSA) is 42.7 Å². The van der Waals surface area contributed by atoms with Gasteiger partial charge in [0.25, 0.3) is 0 Å². The van der Waals surface area contributed by atoms with Gasteiger partial charge in [-0.2, -0.15) is 5.10 Å². The number of nitrogens with one attached hydrogen (secondary N) is 1. The molecule has 4 heteroatoms. The maximum atomic E-state index is 5.17. The van der Waals surface area contributed by atoms with Crippen LogP contribution < -0.4 is 5.32 Å². The highest BCUT2D eigenvalue weighted by Gasteiger charge is 2.06. The van der Waals surface area contributed by atoms with E-state index in [0.717, 1.165) is 28.8 Å². The fraction of sp³-hybridized carbons (Fsp3) is 0.333. The summed E-state index contributed by atoms with van der Waals surface area (Å²) in [7, 11) is 1.90. The van der Waals surface area contributed by atoms with Crippen molar-refractivity contribution in [1.82, 2.24) is 20.1 Å². The van der Waals surface area contributed by atoms with Crippen molar-refractivity contribution in [3.63, 3.8) is 0 Å². The molecule has 0 amide bonds. The van der Waals surface area contributed by atoms with Crippen LogP contribution >= 0.6 is 0 Å². The van der Waals surface area contributed by atoms with Crippen LogP contribution in [0.1, 0.15) is 11.3 Å². The van der Waals surface area contributed by atoms with Gasteiger partial charge in [0.1, 0.15) is 0 Å². The fourth-order valence-electron chi connectivity index (χ4n) is 1.73. The molecule has 0 radical (unpaired) electrons. The number of pyridine rings is 1. The van der Waals surface area contributed by atoms with Crippen molar-refractivity contribution >= 4 is 11.0 Å². The molecule has 4 nitrogen and oxygen atoms in total. The van der Waals surface area contributed by atoms with Gasteiger partial charge in [0.15, 0.2) is 5.65 Å². The van der Waals surface area contributed by atoms with Gasteiger partial charge in [-0.05, 0) is 18.6 Å². The Hall–Kier alpha value is -1.86. The van der Waals surface area contributed by atoms with Crippen LogP contribution in [0, 0.1) is 19.3 Å². The van der Waals surface area contributed by atoms with Crippen molar-refractivity contribution in [3.8, 4) is 12.3 Å². The molecule has 0 aliphatic heterocycles. The number of fused-ring (bicyclic) bond motifs is 1. The molecule has 2 aromatic heterocycles. The molecule has 0 spiro atoms. The predicted molar refractivity (Wildman–Crippen MR) is 63.8 cm³/mol. The van der Waals surface area contributed by atoms with Crippen LogP contribution in [0.3, 0.4) is 0 Å². The molecule has 0 bridgehead atoms. The molecule has 0 aromatic carbocycles. The smallest absolute Gasteiger partial charge is 0.157 e. The van der Waals surface area contributed by atoms with E-state index in [4.69, 9.17) is 6.42 Å². The van der Waals surface area contributed by atoms with Gasteiger partial charge in [0, 0.05) is 25.2 Å². The molecule has 0 aliphatic carbocycles. The van der Waals surface area contributed by atoms with Crippen LogP contribution in [-0.2, 0) is 13.6 Å². The average Bonchev–Trinajstić information content (AvgIpc) is 2.55. The fourth-order valence-corrected chi connectivity index (χ4v) is 1.73. The third-order valence-corrected chi connectivity index (χ3v) is 2.48. The van der Waals surface area contributed by atoms with E-state index in [1.54, 1.807) is 4.68 Å². The zero-order chi connectivity index (χ0) is 11.5. The van der Waals surface area contributed by atoms with Gasteiger partial charge >= 0.3 is 0 Å². The van der Waals surface area contributed by atoms with Crippen LogP contribution in [0.4, 0.5) is 0 Å². The maximum Gasteiger partial charge on any atom is 0.157 e. The third-order valence-electron chi connectivity index (χ3n) is 2.48. The van der Waals surface area contributed by atoms with Gasteiger partial charge < -0.3 is 5.32 Å². The normalized spacial score (nSPS) is 10.6. The van der Waals surface area contributed by atoms with E-state index < -0.39 is 0 Å². The summed E-state index contributed by atoms with van der Waals surface area (Å²) in [6.45, 7) is 3.30. The second-order valence-electron chi connectivity index (χ2n) is 3.73. The molecule has 16 heavy (non-hydrogen) atoms. The van der Waals surface area contributed by atoms with E-state index in [-0.39, 0.29) is 0 Å². The summed E-state index contributed by atoms with van der Waals surface area (Å²) in [4.78, 5) is 4.39. The third kappa shape index (κ3) is 1.90. The molecular weight excluding hydrogens is 200 g/mol. The monoisotopic (exact) mass is 214 g/mol. The van der Waals surface area contributed by atoms with E-state index in [9.17, 15) is 0 Å². The van der Waals surface area contributed by atoms with Crippen LogP contribution in [0.5, 0.6) is 0 Å². The first kappa shape index (κ1) is 10.7. The summed E-state index contributed by atoms with van der Waals surface area (Å²) in [6.07, 6.45) is 7.02.